The fourth-order valence-corrected chi connectivity index (χ4v) is 3.90. The molecule has 2 N–H and O–H groups in total. The van der Waals surface area contributed by atoms with E-state index in [1.165, 1.54) is 31.9 Å². The predicted molar refractivity (Wildman–Crippen MR) is 79.9 cm³/mol. The van der Waals surface area contributed by atoms with E-state index in [4.69, 9.17) is 0 Å². The number of aromatic amines is 1. The van der Waals surface area contributed by atoms with E-state index in [1.54, 1.807) is 6.07 Å². The Hall–Kier alpha value is -1.63. The summed E-state index contributed by atoms with van der Waals surface area (Å²) in [6.45, 7) is 2.27. The van der Waals surface area contributed by atoms with Crippen molar-refractivity contribution in [1.29, 1.82) is 0 Å². The number of H-pyrrole nitrogens is 1. The first-order valence-electron chi connectivity index (χ1n) is 8.06. The lowest BCUT2D eigenvalue weighted by Crippen LogP contribution is -2.54. The SMILES string of the molecule is FC(F)(F)c1[nH]nc2cc(CC3CCC4(CC3)CNC4)ncc12. The Balaban J connectivity index is 1.47. The molecule has 23 heavy (non-hydrogen) atoms. The fraction of sp³-hybridized carbons (Fsp3) is 0.625. The van der Waals surface area contributed by atoms with Crippen LogP contribution in [0.5, 0.6) is 0 Å². The number of halogens is 3. The van der Waals surface area contributed by atoms with E-state index in [9.17, 15) is 13.2 Å². The van der Waals surface area contributed by atoms with Gasteiger partial charge in [-0.1, -0.05) is 0 Å². The average Bonchev–Trinajstić information content (AvgIpc) is 2.89. The number of fused-ring (bicyclic) bond motifs is 1. The molecule has 2 aliphatic rings. The zero-order valence-corrected chi connectivity index (χ0v) is 12.7. The second-order valence-corrected chi connectivity index (χ2v) is 7.04. The Morgan fingerprint density at radius 3 is 2.57 bits per heavy atom. The Labute approximate surface area is 131 Å². The largest absolute Gasteiger partial charge is 0.433 e. The second-order valence-electron chi connectivity index (χ2n) is 7.04. The van der Waals surface area contributed by atoms with Gasteiger partial charge in [-0.05, 0) is 49.5 Å². The first-order chi connectivity index (χ1) is 11.0. The van der Waals surface area contributed by atoms with Crippen LogP contribution in [0, 0.1) is 11.3 Å². The molecule has 1 aliphatic heterocycles. The van der Waals surface area contributed by atoms with Gasteiger partial charge in [0.2, 0.25) is 0 Å². The van der Waals surface area contributed by atoms with Crippen molar-refractivity contribution in [3.8, 4) is 0 Å². The highest BCUT2D eigenvalue weighted by molar-refractivity contribution is 5.81. The van der Waals surface area contributed by atoms with Crippen LogP contribution in [-0.2, 0) is 12.6 Å². The van der Waals surface area contributed by atoms with E-state index in [-0.39, 0.29) is 5.39 Å². The summed E-state index contributed by atoms with van der Waals surface area (Å²) in [7, 11) is 0. The maximum absolute atomic E-state index is 12.8. The molecule has 124 valence electrons. The van der Waals surface area contributed by atoms with Crippen LogP contribution in [0.3, 0.4) is 0 Å². The van der Waals surface area contributed by atoms with Crippen LogP contribution in [0.2, 0.25) is 0 Å². The fourth-order valence-electron chi connectivity index (χ4n) is 3.90. The molecular formula is C16H19F3N4. The number of rotatable bonds is 2. The molecular weight excluding hydrogens is 305 g/mol. The molecule has 7 heteroatoms. The first-order valence-corrected chi connectivity index (χ1v) is 8.06. The third-order valence-electron chi connectivity index (χ3n) is 5.44. The summed E-state index contributed by atoms with van der Waals surface area (Å²) in [5.74, 6) is 0.576. The van der Waals surface area contributed by atoms with Gasteiger partial charge in [-0.25, -0.2) is 0 Å². The van der Waals surface area contributed by atoms with Gasteiger partial charge in [0, 0.05) is 25.0 Å². The summed E-state index contributed by atoms with van der Waals surface area (Å²) in [5, 5.41) is 9.28. The third kappa shape index (κ3) is 2.71. The van der Waals surface area contributed by atoms with E-state index in [2.05, 4.69) is 20.5 Å². The molecule has 2 aromatic heterocycles. The van der Waals surface area contributed by atoms with Crippen molar-refractivity contribution in [2.75, 3.05) is 13.1 Å². The number of nitrogens with zero attached hydrogens (tertiary/aromatic N) is 2. The van der Waals surface area contributed by atoms with Crippen molar-refractivity contribution >= 4 is 10.9 Å². The van der Waals surface area contributed by atoms with E-state index in [0.717, 1.165) is 25.2 Å². The van der Waals surface area contributed by atoms with Gasteiger partial charge >= 0.3 is 6.18 Å². The zero-order valence-electron chi connectivity index (χ0n) is 12.7. The number of alkyl halides is 3. The molecule has 0 atom stereocenters. The minimum absolute atomic E-state index is 0.0457. The lowest BCUT2D eigenvalue weighted by atomic mass is 9.66. The smallest absolute Gasteiger partial charge is 0.316 e. The second kappa shape index (κ2) is 5.19. The normalized spacial score (nSPS) is 21.7. The minimum Gasteiger partial charge on any atom is -0.316 e. The molecule has 2 aromatic rings. The molecule has 1 aliphatic carbocycles. The summed E-state index contributed by atoms with van der Waals surface area (Å²) in [6, 6.07) is 1.69. The van der Waals surface area contributed by atoms with Gasteiger partial charge in [0.1, 0.15) is 5.69 Å². The monoisotopic (exact) mass is 324 g/mol. The molecule has 4 nitrogen and oxygen atoms in total. The standard InChI is InChI=1S/C16H19F3N4/c17-16(18,19)14-12-7-21-11(6-13(12)22-23-14)5-10-1-3-15(4-2-10)8-20-9-15/h6-7,10,20H,1-5,8-9H2,(H,22,23). The van der Waals surface area contributed by atoms with E-state index < -0.39 is 11.9 Å². The van der Waals surface area contributed by atoms with E-state index >= 15 is 0 Å². The minimum atomic E-state index is -4.42. The van der Waals surface area contributed by atoms with Crippen LogP contribution in [0.15, 0.2) is 12.3 Å². The van der Waals surface area contributed by atoms with Gasteiger partial charge in [-0.15, -0.1) is 0 Å². The van der Waals surface area contributed by atoms with Crippen molar-refractivity contribution in [1.82, 2.24) is 20.5 Å². The van der Waals surface area contributed by atoms with Gasteiger partial charge in [0.25, 0.3) is 0 Å². The van der Waals surface area contributed by atoms with Gasteiger partial charge in [-0.3, -0.25) is 10.1 Å². The summed E-state index contributed by atoms with van der Waals surface area (Å²) >= 11 is 0. The topological polar surface area (TPSA) is 53.6 Å². The van der Waals surface area contributed by atoms with Gasteiger partial charge < -0.3 is 5.32 Å². The van der Waals surface area contributed by atoms with Crippen LogP contribution in [0.25, 0.3) is 10.9 Å². The first kappa shape index (κ1) is 14.9. The highest BCUT2D eigenvalue weighted by Gasteiger charge is 2.40. The van der Waals surface area contributed by atoms with E-state index in [1.807, 2.05) is 0 Å². The number of nitrogens with one attached hydrogen (secondary N) is 2. The van der Waals surface area contributed by atoms with Crippen molar-refractivity contribution in [2.45, 2.75) is 38.3 Å². The van der Waals surface area contributed by atoms with E-state index in [0.29, 0.717) is 16.8 Å². The lowest BCUT2D eigenvalue weighted by molar-refractivity contribution is -0.139. The van der Waals surface area contributed by atoms with Crippen LogP contribution in [0.4, 0.5) is 13.2 Å². The Morgan fingerprint density at radius 1 is 1.22 bits per heavy atom. The van der Waals surface area contributed by atoms with Crippen molar-refractivity contribution in [3.05, 3.63) is 23.7 Å². The molecule has 0 aromatic carbocycles. The summed E-state index contributed by atoms with van der Waals surface area (Å²) in [6.07, 6.45) is 2.55. The quantitative estimate of drug-likeness (QED) is 0.891. The Morgan fingerprint density at radius 2 is 1.96 bits per heavy atom. The number of hydrogen-bond acceptors (Lipinski definition) is 3. The summed E-state index contributed by atoms with van der Waals surface area (Å²) in [5.41, 5.74) is 0.893. The maximum atomic E-state index is 12.8. The number of pyridine rings is 1. The molecule has 0 amide bonds. The van der Waals surface area contributed by atoms with Crippen LogP contribution >= 0.6 is 0 Å². The molecule has 0 bridgehead atoms. The molecule has 3 heterocycles. The number of hydrogen-bond donors (Lipinski definition) is 2. The van der Waals surface area contributed by atoms with Crippen molar-refractivity contribution < 1.29 is 13.2 Å². The van der Waals surface area contributed by atoms with Gasteiger partial charge in [0.05, 0.1) is 10.9 Å². The van der Waals surface area contributed by atoms with Crippen LogP contribution in [-0.4, -0.2) is 28.3 Å². The Bertz CT molecular complexity index is 708. The van der Waals surface area contributed by atoms with Crippen molar-refractivity contribution in [3.63, 3.8) is 0 Å². The summed E-state index contributed by atoms with van der Waals surface area (Å²) in [4.78, 5) is 4.25. The Kier molecular flexibility index (Phi) is 3.37. The molecule has 4 rings (SSSR count). The van der Waals surface area contributed by atoms with Crippen LogP contribution in [0.1, 0.15) is 37.1 Å². The molecule has 2 fully saturated rings. The molecule has 0 unspecified atom stereocenters. The molecule has 1 saturated heterocycles. The third-order valence-corrected chi connectivity index (χ3v) is 5.44. The van der Waals surface area contributed by atoms with Gasteiger partial charge in [0.15, 0.2) is 0 Å². The molecule has 0 radical (unpaired) electrons. The van der Waals surface area contributed by atoms with Gasteiger partial charge in [-0.2, -0.15) is 18.3 Å². The number of aromatic nitrogens is 3. The maximum Gasteiger partial charge on any atom is 0.433 e. The molecule has 1 spiro atoms. The summed E-state index contributed by atoms with van der Waals surface area (Å²) < 4.78 is 38.5. The predicted octanol–water partition coefficient (Wildman–Crippen LogP) is 3.30. The van der Waals surface area contributed by atoms with Crippen molar-refractivity contribution in [2.24, 2.45) is 11.3 Å². The van der Waals surface area contributed by atoms with Crippen LogP contribution < -0.4 is 5.32 Å². The molecule has 1 saturated carbocycles. The average molecular weight is 324 g/mol. The highest BCUT2D eigenvalue weighted by Crippen LogP contribution is 2.42. The zero-order chi connectivity index (χ0) is 16.1. The lowest BCUT2D eigenvalue weighted by Gasteiger charge is -2.47. The highest BCUT2D eigenvalue weighted by atomic mass is 19.4.